The van der Waals surface area contributed by atoms with Crippen molar-refractivity contribution in [1.29, 1.82) is 0 Å². The van der Waals surface area contributed by atoms with Gasteiger partial charge in [0.25, 0.3) is 0 Å². The van der Waals surface area contributed by atoms with Gasteiger partial charge in [-0.3, -0.25) is 0 Å². The third kappa shape index (κ3) is 2.44. The third-order valence-electron chi connectivity index (χ3n) is 3.30. The number of carbonyl (C=O) groups excluding carboxylic acids is 1. The summed E-state index contributed by atoms with van der Waals surface area (Å²) in [4.78, 5) is 11.7. The first-order valence-corrected chi connectivity index (χ1v) is 7.83. The van der Waals surface area contributed by atoms with Crippen molar-refractivity contribution in [2.24, 2.45) is 0 Å². The van der Waals surface area contributed by atoms with Crippen LogP contribution in [0.25, 0.3) is 0 Å². The van der Waals surface area contributed by atoms with E-state index in [0.29, 0.717) is 6.42 Å². The molecule has 19 heavy (non-hydrogen) atoms. The maximum absolute atomic E-state index is 11.7. The van der Waals surface area contributed by atoms with E-state index >= 15 is 0 Å². The molecule has 0 spiro atoms. The summed E-state index contributed by atoms with van der Waals surface area (Å²) in [6, 6.07) is 0. The minimum absolute atomic E-state index is 0.0197. The minimum atomic E-state index is -3.07. The number of carbonyl (C=O) groups is 1. The lowest BCUT2D eigenvalue weighted by molar-refractivity contribution is 0.0527. The molecule has 0 aliphatic carbocycles. The number of hydrogen-bond acceptors (Lipinski definition) is 6. The molecule has 1 unspecified atom stereocenters. The Morgan fingerprint density at radius 2 is 2.32 bits per heavy atom. The molecular weight excluding hydrogens is 270 g/mol. The lowest BCUT2D eigenvalue weighted by Crippen LogP contribution is -2.33. The molecule has 1 saturated heterocycles. The van der Waals surface area contributed by atoms with Crippen molar-refractivity contribution >= 4 is 21.6 Å². The second-order valence-electron chi connectivity index (χ2n) is 4.91. The number of nitrogen functional groups attached to an aromatic ring is 1. The molecule has 0 radical (unpaired) electrons. The van der Waals surface area contributed by atoms with Crippen LogP contribution in [0.1, 0.15) is 30.6 Å². The highest BCUT2D eigenvalue weighted by atomic mass is 32.2. The number of ether oxygens (including phenoxy) is 1. The monoisotopic (exact) mass is 287 g/mol. The average Bonchev–Trinajstić information content (AvgIpc) is 2.81. The number of esters is 1. The van der Waals surface area contributed by atoms with E-state index in [9.17, 15) is 13.2 Å². The van der Waals surface area contributed by atoms with Gasteiger partial charge in [0.05, 0.1) is 29.8 Å². The molecule has 2 N–H and O–H groups in total. The average molecular weight is 287 g/mol. The van der Waals surface area contributed by atoms with E-state index in [-0.39, 0.29) is 29.5 Å². The third-order valence-corrected chi connectivity index (χ3v) is 5.18. The number of nitrogens with zero attached hydrogens (tertiary/aromatic N) is 2. The van der Waals surface area contributed by atoms with Gasteiger partial charge >= 0.3 is 5.97 Å². The van der Waals surface area contributed by atoms with Crippen LogP contribution in [0.2, 0.25) is 0 Å². The predicted molar refractivity (Wildman–Crippen MR) is 69.5 cm³/mol. The van der Waals surface area contributed by atoms with Crippen LogP contribution >= 0.6 is 0 Å². The molecule has 8 heteroatoms. The number of anilines is 1. The number of rotatable bonds is 3. The normalized spacial score (nSPS) is 25.4. The fourth-order valence-electron chi connectivity index (χ4n) is 2.31. The molecule has 1 aromatic rings. The van der Waals surface area contributed by atoms with E-state index in [1.165, 1.54) is 10.9 Å². The minimum Gasteiger partial charge on any atom is -0.462 e. The summed E-state index contributed by atoms with van der Waals surface area (Å²) in [5, 5.41) is 4.06. The van der Waals surface area contributed by atoms with Crippen LogP contribution in [0.15, 0.2) is 6.20 Å². The summed E-state index contributed by atoms with van der Waals surface area (Å²) in [5.74, 6) is -0.306. The lowest BCUT2D eigenvalue weighted by atomic mass is 10.0. The Hall–Kier alpha value is -1.57. The van der Waals surface area contributed by atoms with Gasteiger partial charge in [0.1, 0.15) is 11.4 Å². The topological polar surface area (TPSA) is 104 Å². The zero-order valence-corrected chi connectivity index (χ0v) is 11.7. The second-order valence-corrected chi connectivity index (χ2v) is 7.10. The molecule has 1 aliphatic heterocycles. The molecule has 1 aliphatic rings. The number of aromatic nitrogens is 2. The highest BCUT2D eigenvalue weighted by Crippen LogP contribution is 2.33. The van der Waals surface area contributed by atoms with E-state index in [0.717, 1.165) is 0 Å². The summed E-state index contributed by atoms with van der Waals surface area (Å²) in [7, 11) is -3.07. The molecule has 0 saturated carbocycles. The second kappa shape index (κ2) is 4.52. The van der Waals surface area contributed by atoms with E-state index < -0.39 is 21.3 Å². The molecular formula is C11H17N3O4S. The molecule has 106 valence electrons. The van der Waals surface area contributed by atoms with Crippen molar-refractivity contribution in [3.05, 3.63) is 11.8 Å². The van der Waals surface area contributed by atoms with Crippen LogP contribution in [-0.2, 0) is 20.1 Å². The molecule has 1 fully saturated rings. The van der Waals surface area contributed by atoms with Gasteiger partial charge in [0.15, 0.2) is 9.84 Å². The Bertz CT molecular complexity index is 607. The molecule has 0 bridgehead atoms. The van der Waals surface area contributed by atoms with E-state index in [2.05, 4.69) is 5.10 Å². The van der Waals surface area contributed by atoms with Crippen molar-refractivity contribution in [1.82, 2.24) is 9.78 Å². The van der Waals surface area contributed by atoms with Crippen LogP contribution in [0.3, 0.4) is 0 Å². The van der Waals surface area contributed by atoms with Crippen LogP contribution < -0.4 is 5.73 Å². The summed E-state index contributed by atoms with van der Waals surface area (Å²) < 4.78 is 29.5. The van der Waals surface area contributed by atoms with Gasteiger partial charge in [-0.25, -0.2) is 17.9 Å². The number of nitrogens with two attached hydrogens (primary N) is 1. The Morgan fingerprint density at radius 1 is 1.63 bits per heavy atom. The van der Waals surface area contributed by atoms with Crippen LogP contribution in [0.5, 0.6) is 0 Å². The molecule has 1 aromatic heterocycles. The summed E-state index contributed by atoms with van der Waals surface area (Å²) in [6.07, 6.45) is 1.76. The van der Waals surface area contributed by atoms with Gasteiger partial charge in [-0.2, -0.15) is 5.10 Å². The Kier molecular flexibility index (Phi) is 3.29. The molecule has 2 rings (SSSR count). The van der Waals surface area contributed by atoms with Gasteiger partial charge in [0.2, 0.25) is 0 Å². The molecule has 1 atom stereocenters. The van der Waals surface area contributed by atoms with Crippen molar-refractivity contribution in [3.8, 4) is 0 Å². The molecule has 2 heterocycles. The predicted octanol–water partition coefficient (Wildman–Crippen LogP) is 0.176. The van der Waals surface area contributed by atoms with Crippen molar-refractivity contribution in [2.75, 3.05) is 23.8 Å². The summed E-state index contributed by atoms with van der Waals surface area (Å²) in [6.45, 7) is 3.72. The lowest BCUT2D eigenvalue weighted by Gasteiger charge is -2.24. The number of hydrogen-bond donors (Lipinski definition) is 1. The maximum Gasteiger partial charge on any atom is 0.343 e. The molecule has 0 amide bonds. The summed E-state index contributed by atoms with van der Waals surface area (Å²) in [5.41, 5.74) is 5.37. The molecule has 7 nitrogen and oxygen atoms in total. The van der Waals surface area contributed by atoms with Gasteiger partial charge in [0, 0.05) is 0 Å². The Labute approximate surface area is 111 Å². The van der Waals surface area contributed by atoms with E-state index in [4.69, 9.17) is 10.5 Å². The SMILES string of the molecule is CCOC(=O)c1cnn(C2(C)CCS(=O)(=O)C2)c1N. The van der Waals surface area contributed by atoms with Gasteiger partial charge in [-0.15, -0.1) is 0 Å². The first-order valence-electron chi connectivity index (χ1n) is 6.00. The fraction of sp³-hybridized carbons (Fsp3) is 0.636. The Balaban J connectivity index is 2.35. The van der Waals surface area contributed by atoms with E-state index in [1.54, 1.807) is 13.8 Å². The zero-order chi connectivity index (χ0) is 14.3. The number of sulfone groups is 1. The van der Waals surface area contributed by atoms with Crippen LogP contribution in [0.4, 0.5) is 5.82 Å². The van der Waals surface area contributed by atoms with Gasteiger partial charge < -0.3 is 10.5 Å². The highest BCUT2D eigenvalue weighted by Gasteiger charge is 2.42. The zero-order valence-electron chi connectivity index (χ0n) is 10.9. The van der Waals surface area contributed by atoms with Crippen molar-refractivity contribution < 1.29 is 17.9 Å². The smallest absolute Gasteiger partial charge is 0.343 e. The van der Waals surface area contributed by atoms with Crippen molar-refractivity contribution in [2.45, 2.75) is 25.8 Å². The first-order chi connectivity index (χ1) is 8.79. The highest BCUT2D eigenvalue weighted by molar-refractivity contribution is 7.91. The maximum atomic E-state index is 11.7. The first kappa shape index (κ1) is 13.9. The van der Waals surface area contributed by atoms with Gasteiger partial charge in [-0.1, -0.05) is 0 Å². The standard InChI is InChI=1S/C11H17N3O4S/c1-3-18-10(15)8-6-13-14(9(8)12)11(2)4-5-19(16,17)7-11/h6H,3-5,7,12H2,1-2H3. The van der Waals surface area contributed by atoms with Gasteiger partial charge in [-0.05, 0) is 20.3 Å². The van der Waals surface area contributed by atoms with E-state index in [1.807, 2.05) is 0 Å². The largest absolute Gasteiger partial charge is 0.462 e. The fourth-order valence-corrected chi connectivity index (χ4v) is 4.42. The van der Waals surface area contributed by atoms with Crippen LogP contribution in [0, 0.1) is 0 Å². The van der Waals surface area contributed by atoms with Crippen molar-refractivity contribution in [3.63, 3.8) is 0 Å². The molecule has 0 aromatic carbocycles. The summed E-state index contributed by atoms with van der Waals surface area (Å²) >= 11 is 0. The Morgan fingerprint density at radius 3 is 2.84 bits per heavy atom. The quantitative estimate of drug-likeness (QED) is 0.795. The van der Waals surface area contributed by atoms with Crippen LogP contribution in [-0.4, -0.2) is 42.3 Å².